The summed E-state index contributed by atoms with van der Waals surface area (Å²) in [5.74, 6) is 0.418. The molecule has 3 aromatic rings. The molecule has 0 unspecified atom stereocenters. The van der Waals surface area contributed by atoms with Gasteiger partial charge in [-0.15, -0.1) is 11.8 Å². The number of hydrogen-bond acceptors (Lipinski definition) is 3. The molecule has 0 saturated carbocycles. The number of benzene rings is 3. The van der Waals surface area contributed by atoms with Gasteiger partial charge in [0.15, 0.2) is 0 Å². The maximum Gasteiger partial charge on any atom is 0.255 e. The van der Waals surface area contributed by atoms with Crippen molar-refractivity contribution in [3.8, 4) is 0 Å². The minimum absolute atomic E-state index is 0.0260. The average Bonchev–Trinajstić information content (AvgIpc) is 3.15. The molecule has 1 atom stereocenters. The van der Waals surface area contributed by atoms with Gasteiger partial charge in [0, 0.05) is 12.1 Å². The Morgan fingerprint density at radius 1 is 1.00 bits per heavy atom. The minimum Gasteiger partial charge on any atom is -0.326 e. The third-order valence-corrected chi connectivity index (χ3v) is 6.62. The first kappa shape index (κ1) is 20.5. The van der Waals surface area contributed by atoms with Crippen molar-refractivity contribution in [1.29, 1.82) is 0 Å². The van der Waals surface area contributed by atoms with Crippen molar-refractivity contribution in [3.63, 3.8) is 0 Å². The van der Waals surface area contributed by atoms with Crippen LogP contribution in [-0.4, -0.2) is 29.0 Å². The smallest absolute Gasteiger partial charge is 0.255 e. The van der Waals surface area contributed by atoms with Crippen LogP contribution in [0.25, 0.3) is 0 Å². The molecule has 1 fully saturated rings. The first-order valence-electron chi connectivity index (χ1n) is 9.72. The molecule has 1 aliphatic heterocycles. The normalized spacial score (nSPS) is 16.0. The van der Waals surface area contributed by atoms with Crippen molar-refractivity contribution in [1.82, 2.24) is 4.90 Å². The summed E-state index contributed by atoms with van der Waals surface area (Å²) in [5.41, 5.74) is 3.36. The zero-order valence-corrected chi connectivity index (χ0v) is 17.8. The molecule has 1 aliphatic rings. The second kappa shape index (κ2) is 9.37. The quantitative estimate of drug-likeness (QED) is 0.562. The Morgan fingerprint density at radius 2 is 1.70 bits per heavy atom. The van der Waals surface area contributed by atoms with Gasteiger partial charge in [0.05, 0.1) is 16.5 Å². The highest BCUT2D eigenvalue weighted by Gasteiger charge is 2.32. The van der Waals surface area contributed by atoms with Crippen molar-refractivity contribution in [2.45, 2.75) is 11.8 Å². The predicted octanol–water partition coefficient (Wildman–Crippen LogP) is 5.41. The molecule has 0 spiro atoms. The Hall–Kier alpha value is -2.76. The summed E-state index contributed by atoms with van der Waals surface area (Å²) in [5, 5.41) is 3.30. The number of nitrogens with one attached hydrogen (secondary N) is 1. The molecule has 1 saturated heterocycles. The number of anilines is 1. The molecule has 30 heavy (non-hydrogen) atoms. The number of para-hydroxylation sites is 1. The molecule has 4 nitrogen and oxygen atoms in total. The lowest BCUT2D eigenvalue weighted by Gasteiger charge is -2.24. The molecular formula is C24H21ClN2O2S. The summed E-state index contributed by atoms with van der Waals surface area (Å²) in [7, 11) is 0. The van der Waals surface area contributed by atoms with Crippen LogP contribution >= 0.6 is 23.4 Å². The monoisotopic (exact) mass is 436 g/mol. The Bertz CT molecular complexity index is 1040. The van der Waals surface area contributed by atoms with Gasteiger partial charge >= 0.3 is 0 Å². The Balaban J connectivity index is 1.44. The number of thioether (sulfide) groups is 1. The van der Waals surface area contributed by atoms with Gasteiger partial charge in [-0.1, -0.05) is 66.2 Å². The number of hydrogen-bond donors (Lipinski definition) is 1. The van der Waals surface area contributed by atoms with E-state index in [4.69, 9.17) is 11.6 Å². The molecule has 3 aromatic carbocycles. The molecule has 2 amide bonds. The van der Waals surface area contributed by atoms with Gasteiger partial charge in [0.1, 0.15) is 5.37 Å². The standard InChI is InChI=1S/C24H21ClN2O2S/c25-20-8-4-5-9-21(20)26-23(29)18-10-12-19(13-11-18)24-27(22(28)16-30-24)15-14-17-6-2-1-3-7-17/h1-13,24H,14-16H2,(H,26,29)/t24-/m0/s1. The van der Waals surface area contributed by atoms with Gasteiger partial charge in [0.25, 0.3) is 5.91 Å². The van der Waals surface area contributed by atoms with E-state index in [2.05, 4.69) is 17.4 Å². The fourth-order valence-electron chi connectivity index (χ4n) is 3.42. The molecular weight excluding hydrogens is 416 g/mol. The van der Waals surface area contributed by atoms with Crippen LogP contribution in [0.1, 0.15) is 26.9 Å². The van der Waals surface area contributed by atoms with E-state index in [9.17, 15) is 9.59 Å². The highest BCUT2D eigenvalue weighted by atomic mass is 35.5. The van der Waals surface area contributed by atoms with Crippen LogP contribution in [0.15, 0.2) is 78.9 Å². The molecule has 6 heteroatoms. The second-order valence-corrected chi connectivity index (χ2v) is 8.52. The molecule has 0 radical (unpaired) electrons. The fraction of sp³-hybridized carbons (Fsp3) is 0.167. The van der Waals surface area contributed by atoms with Crippen LogP contribution in [0.5, 0.6) is 0 Å². The van der Waals surface area contributed by atoms with Crippen LogP contribution in [0.3, 0.4) is 0 Å². The van der Waals surface area contributed by atoms with E-state index in [-0.39, 0.29) is 17.2 Å². The molecule has 1 heterocycles. The van der Waals surface area contributed by atoms with Crippen molar-refractivity contribution in [2.75, 3.05) is 17.6 Å². The number of nitrogens with zero attached hydrogens (tertiary/aromatic N) is 1. The lowest BCUT2D eigenvalue weighted by atomic mass is 10.1. The van der Waals surface area contributed by atoms with Gasteiger partial charge < -0.3 is 10.2 Å². The van der Waals surface area contributed by atoms with Crippen LogP contribution in [0.2, 0.25) is 5.02 Å². The van der Waals surface area contributed by atoms with E-state index < -0.39 is 0 Å². The summed E-state index contributed by atoms with van der Waals surface area (Å²) in [4.78, 5) is 26.9. The summed E-state index contributed by atoms with van der Waals surface area (Å²) in [6, 6.07) is 24.7. The van der Waals surface area contributed by atoms with E-state index in [0.717, 1.165) is 12.0 Å². The van der Waals surface area contributed by atoms with E-state index in [1.165, 1.54) is 5.56 Å². The van der Waals surface area contributed by atoms with E-state index >= 15 is 0 Å². The Kier molecular flexibility index (Phi) is 6.41. The van der Waals surface area contributed by atoms with E-state index in [0.29, 0.717) is 28.6 Å². The summed E-state index contributed by atoms with van der Waals surface area (Å²) in [6.45, 7) is 0.676. The molecule has 1 N–H and O–H groups in total. The maximum atomic E-state index is 12.5. The van der Waals surface area contributed by atoms with Gasteiger partial charge in [-0.05, 0) is 41.8 Å². The van der Waals surface area contributed by atoms with E-state index in [1.54, 1.807) is 36.0 Å². The van der Waals surface area contributed by atoms with Crippen LogP contribution in [-0.2, 0) is 11.2 Å². The average molecular weight is 437 g/mol. The SMILES string of the molecule is O=C(Nc1ccccc1Cl)c1ccc([C@@H]2SCC(=O)N2CCc2ccccc2)cc1. The first-order chi connectivity index (χ1) is 14.6. The van der Waals surface area contributed by atoms with Gasteiger partial charge in [-0.25, -0.2) is 0 Å². The number of carbonyl (C=O) groups is 2. The zero-order chi connectivity index (χ0) is 20.9. The molecule has 4 rings (SSSR count). The number of amides is 2. The summed E-state index contributed by atoms with van der Waals surface area (Å²) < 4.78 is 0. The largest absolute Gasteiger partial charge is 0.326 e. The fourth-order valence-corrected chi connectivity index (χ4v) is 4.82. The lowest BCUT2D eigenvalue weighted by Crippen LogP contribution is -2.30. The molecule has 0 bridgehead atoms. The van der Waals surface area contributed by atoms with Crippen LogP contribution in [0, 0.1) is 0 Å². The Labute approximate surface area is 185 Å². The highest BCUT2D eigenvalue weighted by Crippen LogP contribution is 2.38. The molecule has 0 aromatic heterocycles. The lowest BCUT2D eigenvalue weighted by molar-refractivity contribution is -0.128. The first-order valence-corrected chi connectivity index (χ1v) is 11.2. The predicted molar refractivity (Wildman–Crippen MR) is 123 cm³/mol. The topological polar surface area (TPSA) is 49.4 Å². The van der Waals surface area contributed by atoms with E-state index in [1.807, 2.05) is 47.4 Å². The van der Waals surface area contributed by atoms with Crippen molar-refractivity contribution >= 4 is 40.9 Å². The minimum atomic E-state index is -0.217. The Morgan fingerprint density at radius 3 is 2.43 bits per heavy atom. The third-order valence-electron chi connectivity index (χ3n) is 5.03. The second-order valence-electron chi connectivity index (χ2n) is 7.04. The summed E-state index contributed by atoms with van der Waals surface area (Å²) in [6.07, 6.45) is 0.821. The maximum absolute atomic E-state index is 12.5. The van der Waals surface area contributed by atoms with Crippen molar-refractivity contribution in [3.05, 3.63) is 101 Å². The molecule has 152 valence electrons. The number of halogens is 1. The van der Waals surface area contributed by atoms with Gasteiger partial charge in [-0.3, -0.25) is 9.59 Å². The van der Waals surface area contributed by atoms with Gasteiger partial charge in [0.2, 0.25) is 5.91 Å². The summed E-state index contributed by atoms with van der Waals surface area (Å²) >= 11 is 7.74. The van der Waals surface area contributed by atoms with Crippen LogP contribution in [0.4, 0.5) is 5.69 Å². The van der Waals surface area contributed by atoms with Crippen molar-refractivity contribution < 1.29 is 9.59 Å². The van der Waals surface area contributed by atoms with Crippen molar-refractivity contribution in [2.24, 2.45) is 0 Å². The highest BCUT2D eigenvalue weighted by molar-refractivity contribution is 8.00. The third kappa shape index (κ3) is 4.69. The zero-order valence-electron chi connectivity index (χ0n) is 16.3. The number of rotatable bonds is 6. The van der Waals surface area contributed by atoms with Gasteiger partial charge in [-0.2, -0.15) is 0 Å². The number of carbonyl (C=O) groups excluding carboxylic acids is 2. The molecule has 0 aliphatic carbocycles. The van der Waals surface area contributed by atoms with Crippen LogP contribution < -0.4 is 5.32 Å².